The van der Waals surface area contributed by atoms with E-state index in [4.69, 9.17) is 18.9 Å². The number of aliphatic hydroxyl groups is 5. The van der Waals surface area contributed by atoms with E-state index in [-0.39, 0.29) is 12.5 Å². The fourth-order valence-electron chi connectivity index (χ4n) is 4.22. The molecule has 1 saturated heterocycles. The van der Waals surface area contributed by atoms with Gasteiger partial charge in [-0.1, -0.05) is 36.4 Å². The van der Waals surface area contributed by atoms with E-state index < -0.39 is 55.6 Å². The van der Waals surface area contributed by atoms with Gasteiger partial charge in [0, 0.05) is 5.92 Å². The van der Waals surface area contributed by atoms with Gasteiger partial charge in [0.25, 0.3) is 0 Å². The maximum atomic E-state index is 10.5. The molecule has 9 nitrogen and oxygen atoms in total. The van der Waals surface area contributed by atoms with E-state index in [2.05, 4.69) is 0 Å². The molecule has 3 aliphatic rings. The van der Waals surface area contributed by atoms with Crippen LogP contribution >= 0.6 is 0 Å². The second kappa shape index (κ2) is 9.76. The highest BCUT2D eigenvalue weighted by atomic mass is 16.8. The van der Waals surface area contributed by atoms with Gasteiger partial charge in [-0.2, -0.15) is 0 Å². The molecule has 0 spiro atoms. The summed E-state index contributed by atoms with van der Waals surface area (Å²) >= 11 is 0. The van der Waals surface area contributed by atoms with Crippen LogP contribution in [0.15, 0.2) is 54.3 Å². The van der Waals surface area contributed by atoms with Crippen molar-refractivity contribution >= 4 is 0 Å². The number of benzene rings is 1. The number of hydrogen-bond donors (Lipinski definition) is 5. The average Bonchev–Trinajstić information content (AvgIpc) is 3.11. The summed E-state index contributed by atoms with van der Waals surface area (Å²) in [6.07, 6.45) is -3.81. The second-order valence-corrected chi connectivity index (χ2v) is 7.98. The van der Waals surface area contributed by atoms with E-state index in [1.165, 1.54) is 6.26 Å². The second-order valence-electron chi connectivity index (χ2n) is 7.98. The molecule has 9 heteroatoms. The van der Waals surface area contributed by atoms with Gasteiger partial charge in [0.15, 0.2) is 6.29 Å². The summed E-state index contributed by atoms with van der Waals surface area (Å²) in [6, 6.07) is 9.70. The summed E-state index contributed by atoms with van der Waals surface area (Å²) < 4.78 is 22.7. The number of rotatable bonds is 7. The van der Waals surface area contributed by atoms with Crippen LogP contribution in [0.4, 0.5) is 0 Å². The van der Waals surface area contributed by atoms with E-state index in [1.807, 2.05) is 30.3 Å². The quantitative estimate of drug-likeness (QED) is 0.356. The molecular weight excluding hydrogens is 408 g/mol. The van der Waals surface area contributed by atoms with Gasteiger partial charge < -0.3 is 44.5 Å². The Hall–Kier alpha value is -1.82. The maximum absolute atomic E-state index is 10.5. The van der Waals surface area contributed by atoms with Crippen LogP contribution in [0.1, 0.15) is 5.56 Å². The minimum atomic E-state index is -1.55. The molecule has 0 bridgehead atoms. The Morgan fingerprint density at radius 1 is 0.903 bits per heavy atom. The van der Waals surface area contributed by atoms with E-state index in [1.54, 1.807) is 12.2 Å². The molecule has 0 radical (unpaired) electrons. The molecule has 2 heterocycles. The molecule has 9 atom stereocenters. The number of aliphatic hydroxyl groups excluding tert-OH is 5. The molecule has 0 saturated carbocycles. The van der Waals surface area contributed by atoms with Crippen molar-refractivity contribution in [3.8, 4) is 0 Å². The fourth-order valence-corrected chi connectivity index (χ4v) is 4.22. The van der Waals surface area contributed by atoms with Crippen LogP contribution in [-0.2, 0) is 25.6 Å². The van der Waals surface area contributed by atoms with Gasteiger partial charge in [0.2, 0.25) is 6.29 Å². The van der Waals surface area contributed by atoms with Crippen LogP contribution in [0.25, 0.3) is 0 Å². The molecule has 1 aliphatic carbocycles. The minimum absolute atomic E-state index is 0.249. The maximum Gasteiger partial charge on any atom is 0.209 e. The fraction of sp³-hybridized carbons (Fsp3) is 0.545. The van der Waals surface area contributed by atoms with Crippen molar-refractivity contribution in [2.24, 2.45) is 11.8 Å². The normalized spacial score (nSPS) is 39.6. The molecule has 4 rings (SSSR count). The van der Waals surface area contributed by atoms with Crippen molar-refractivity contribution < 1.29 is 44.5 Å². The molecule has 0 unspecified atom stereocenters. The van der Waals surface area contributed by atoms with Crippen molar-refractivity contribution in [3.05, 3.63) is 59.9 Å². The minimum Gasteiger partial charge on any atom is -0.472 e. The Kier molecular flexibility index (Phi) is 7.05. The van der Waals surface area contributed by atoms with Gasteiger partial charge in [-0.15, -0.1) is 0 Å². The van der Waals surface area contributed by atoms with Crippen LogP contribution in [0.2, 0.25) is 0 Å². The third-order valence-electron chi connectivity index (χ3n) is 5.93. The van der Waals surface area contributed by atoms with Crippen LogP contribution < -0.4 is 0 Å². The van der Waals surface area contributed by atoms with Crippen molar-refractivity contribution in [3.63, 3.8) is 0 Å². The van der Waals surface area contributed by atoms with Gasteiger partial charge in [-0.3, -0.25) is 0 Å². The topological polar surface area (TPSA) is 138 Å². The standard InChI is InChI=1S/C22H28O9/c23-9-16-18(25)19(26)20(27)22(30-16)31-21-17-13(8-15(24)14(17)6-7-29-21)11-28-10-12-4-2-1-3-5-12/h1-8,14-27H,9-11H2/t14-,15+,16+,17+,18+,19-,20+,21-,22-/m0/s1. The van der Waals surface area contributed by atoms with Crippen LogP contribution in [0.3, 0.4) is 0 Å². The van der Waals surface area contributed by atoms with Gasteiger partial charge in [0.05, 0.1) is 38.1 Å². The highest BCUT2D eigenvalue weighted by Gasteiger charge is 2.49. The average molecular weight is 436 g/mol. The smallest absolute Gasteiger partial charge is 0.209 e. The molecule has 0 aromatic heterocycles. The zero-order valence-corrected chi connectivity index (χ0v) is 16.8. The summed E-state index contributed by atoms with van der Waals surface area (Å²) in [6.45, 7) is 0.0962. The summed E-state index contributed by atoms with van der Waals surface area (Å²) in [4.78, 5) is 0. The first-order chi connectivity index (χ1) is 15.0. The molecule has 2 aliphatic heterocycles. The highest BCUT2D eigenvalue weighted by molar-refractivity contribution is 5.26. The Morgan fingerprint density at radius 3 is 2.42 bits per heavy atom. The third-order valence-corrected chi connectivity index (χ3v) is 5.93. The van der Waals surface area contributed by atoms with Crippen molar-refractivity contribution in [2.45, 2.75) is 49.7 Å². The van der Waals surface area contributed by atoms with E-state index >= 15 is 0 Å². The molecule has 5 N–H and O–H groups in total. The molecule has 1 aromatic rings. The monoisotopic (exact) mass is 436 g/mol. The first-order valence-electron chi connectivity index (χ1n) is 10.3. The van der Waals surface area contributed by atoms with Gasteiger partial charge in [-0.25, -0.2) is 0 Å². The first kappa shape index (κ1) is 22.4. The third kappa shape index (κ3) is 4.69. The lowest BCUT2D eigenvalue weighted by Crippen LogP contribution is -2.60. The first-order valence-corrected chi connectivity index (χ1v) is 10.3. The van der Waals surface area contributed by atoms with Gasteiger partial charge >= 0.3 is 0 Å². The molecule has 1 aromatic carbocycles. The zero-order valence-electron chi connectivity index (χ0n) is 16.8. The summed E-state index contributed by atoms with van der Waals surface area (Å²) in [5, 5.41) is 50.1. The van der Waals surface area contributed by atoms with Gasteiger partial charge in [-0.05, 0) is 17.2 Å². The predicted molar refractivity (Wildman–Crippen MR) is 106 cm³/mol. The van der Waals surface area contributed by atoms with Crippen molar-refractivity contribution in [1.29, 1.82) is 0 Å². The highest BCUT2D eigenvalue weighted by Crippen LogP contribution is 2.41. The summed E-state index contributed by atoms with van der Waals surface area (Å²) in [7, 11) is 0. The van der Waals surface area contributed by atoms with Crippen molar-refractivity contribution in [2.75, 3.05) is 13.2 Å². The zero-order chi connectivity index (χ0) is 22.0. The largest absolute Gasteiger partial charge is 0.472 e. The molecule has 170 valence electrons. The van der Waals surface area contributed by atoms with E-state index in [9.17, 15) is 25.5 Å². The van der Waals surface area contributed by atoms with Crippen molar-refractivity contribution in [1.82, 2.24) is 0 Å². The lowest BCUT2D eigenvalue weighted by Gasteiger charge is -2.42. The number of fused-ring (bicyclic) bond motifs is 1. The molecule has 31 heavy (non-hydrogen) atoms. The molecule has 0 amide bonds. The summed E-state index contributed by atoms with van der Waals surface area (Å²) in [5.41, 5.74) is 1.81. The molecule has 1 fully saturated rings. The number of hydrogen-bond acceptors (Lipinski definition) is 9. The SMILES string of the molecule is OC[C@H]1O[C@@H](O[C@@H]2OC=C[C@@H]3[C@H]2C(COCc2ccccc2)=C[C@H]3O)[C@H](O)[C@@H](O)[C@@H]1O. The van der Waals surface area contributed by atoms with Crippen LogP contribution in [-0.4, -0.2) is 81.8 Å². The number of ether oxygens (including phenoxy) is 4. The Balaban J connectivity index is 1.43. The predicted octanol–water partition coefficient (Wildman–Crippen LogP) is -0.577. The Labute approximate surface area is 179 Å². The van der Waals surface area contributed by atoms with E-state index in [0.717, 1.165) is 11.1 Å². The Bertz CT molecular complexity index is 780. The summed E-state index contributed by atoms with van der Waals surface area (Å²) in [5.74, 6) is -0.706. The van der Waals surface area contributed by atoms with Crippen LogP contribution in [0.5, 0.6) is 0 Å². The molecular formula is C22H28O9. The van der Waals surface area contributed by atoms with Gasteiger partial charge in [0.1, 0.15) is 24.4 Å². The Morgan fingerprint density at radius 2 is 1.68 bits per heavy atom. The van der Waals surface area contributed by atoms with Crippen LogP contribution in [0, 0.1) is 11.8 Å². The lowest BCUT2D eigenvalue weighted by atomic mass is 9.88. The lowest BCUT2D eigenvalue weighted by molar-refractivity contribution is -0.339. The van der Waals surface area contributed by atoms with E-state index in [0.29, 0.717) is 6.61 Å².